The molecular formula is C22H24N6. The molecule has 6 heteroatoms. The van der Waals surface area contributed by atoms with Crippen molar-refractivity contribution in [3.8, 4) is 11.3 Å². The van der Waals surface area contributed by atoms with Crippen LogP contribution in [0.15, 0.2) is 67.4 Å². The Hall–Kier alpha value is -3.41. The number of hydrogen-bond donors (Lipinski definition) is 1. The van der Waals surface area contributed by atoms with Gasteiger partial charge in [0.25, 0.3) is 0 Å². The molecule has 6 nitrogen and oxygen atoms in total. The summed E-state index contributed by atoms with van der Waals surface area (Å²) in [5, 5.41) is 4.54. The lowest BCUT2D eigenvalue weighted by Crippen LogP contribution is -2.08. The summed E-state index contributed by atoms with van der Waals surface area (Å²) >= 11 is 0. The van der Waals surface area contributed by atoms with E-state index in [0.29, 0.717) is 0 Å². The van der Waals surface area contributed by atoms with Crippen molar-refractivity contribution in [2.24, 2.45) is 0 Å². The van der Waals surface area contributed by atoms with Gasteiger partial charge in [-0.15, -0.1) is 0 Å². The van der Waals surface area contributed by atoms with Crippen molar-refractivity contribution in [3.63, 3.8) is 0 Å². The maximum absolute atomic E-state index is 4.90. The van der Waals surface area contributed by atoms with Gasteiger partial charge in [-0.25, -0.2) is 9.97 Å². The van der Waals surface area contributed by atoms with E-state index in [4.69, 9.17) is 4.98 Å². The smallest absolute Gasteiger partial charge is 0.136 e. The number of nitrogens with zero attached hydrogens (tertiary/aromatic N) is 5. The van der Waals surface area contributed by atoms with Crippen LogP contribution >= 0.6 is 0 Å². The lowest BCUT2D eigenvalue weighted by molar-refractivity contribution is 0.660. The van der Waals surface area contributed by atoms with Crippen molar-refractivity contribution in [2.75, 3.05) is 30.9 Å². The van der Waals surface area contributed by atoms with Gasteiger partial charge in [0, 0.05) is 62.4 Å². The summed E-state index contributed by atoms with van der Waals surface area (Å²) < 4.78 is 2.08. The number of pyridine rings is 2. The third kappa shape index (κ3) is 3.96. The van der Waals surface area contributed by atoms with E-state index in [1.807, 2.05) is 38.9 Å². The van der Waals surface area contributed by atoms with Crippen LogP contribution in [0.3, 0.4) is 0 Å². The number of nitrogens with one attached hydrogen (secondary N) is 1. The van der Waals surface area contributed by atoms with Gasteiger partial charge in [-0.05, 0) is 36.8 Å². The summed E-state index contributed by atoms with van der Waals surface area (Å²) in [6.45, 7) is 1.76. The van der Waals surface area contributed by atoms with E-state index in [0.717, 1.165) is 47.5 Å². The molecular weight excluding hydrogens is 348 g/mol. The summed E-state index contributed by atoms with van der Waals surface area (Å²) in [7, 11) is 4.08. The predicted octanol–water partition coefficient (Wildman–Crippen LogP) is 4.06. The first-order valence-corrected chi connectivity index (χ1v) is 9.44. The average molecular weight is 372 g/mol. The zero-order valence-electron chi connectivity index (χ0n) is 16.2. The van der Waals surface area contributed by atoms with E-state index in [9.17, 15) is 0 Å². The molecule has 0 radical (unpaired) electrons. The minimum atomic E-state index is 0.832. The minimum Gasteiger partial charge on any atom is -0.378 e. The van der Waals surface area contributed by atoms with Gasteiger partial charge in [0.1, 0.15) is 5.82 Å². The Labute approximate surface area is 164 Å². The van der Waals surface area contributed by atoms with Gasteiger partial charge in [0.05, 0.1) is 17.5 Å². The van der Waals surface area contributed by atoms with Crippen LogP contribution < -0.4 is 10.2 Å². The molecule has 4 aromatic rings. The van der Waals surface area contributed by atoms with Crippen LogP contribution in [0.2, 0.25) is 0 Å². The van der Waals surface area contributed by atoms with Crippen molar-refractivity contribution in [1.82, 2.24) is 19.5 Å². The molecule has 0 spiro atoms. The highest BCUT2D eigenvalue weighted by atomic mass is 15.1. The van der Waals surface area contributed by atoms with Crippen molar-refractivity contribution < 1.29 is 0 Å². The highest BCUT2D eigenvalue weighted by Gasteiger charge is 2.09. The lowest BCUT2D eigenvalue weighted by atomic mass is 10.1. The van der Waals surface area contributed by atoms with Gasteiger partial charge in [0.2, 0.25) is 0 Å². The molecule has 3 heterocycles. The van der Waals surface area contributed by atoms with Gasteiger partial charge in [-0.1, -0.05) is 12.1 Å². The van der Waals surface area contributed by atoms with Crippen LogP contribution in [-0.4, -0.2) is 40.2 Å². The van der Waals surface area contributed by atoms with Crippen molar-refractivity contribution in [2.45, 2.75) is 13.0 Å². The largest absolute Gasteiger partial charge is 0.378 e. The first-order chi connectivity index (χ1) is 13.7. The molecule has 1 N–H and O–H groups in total. The van der Waals surface area contributed by atoms with Crippen LogP contribution in [0.5, 0.6) is 0 Å². The highest BCUT2D eigenvalue weighted by molar-refractivity contribution is 5.92. The summed E-state index contributed by atoms with van der Waals surface area (Å²) in [6.07, 6.45) is 8.44. The molecule has 0 saturated carbocycles. The molecule has 28 heavy (non-hydrogen) atoms. The van der Waals surface area contributed by atoms with E-state index in [2.05, 4.69) is 61.1 Å². The monoisotopic (exact) mass is 372 g/mol. The Kier molecular flexibility index (Phi) is 5.19. The second-order valence-corrected chi connectivity index (χ2v) is 6.95. The number of hydrogen-bond acceptors (Lipinski definition) is 5. The van der Waals surface area contributed by atoms with Crippen molar-refractivity contribution in [1.29, 1.82) is 0 Å². The first kappa shape index (κ1) is 18.0. The fourth-order valence-electron chi connectivity index (χ4n) is 3.18. The zero-order chi connectivity index (χ0) is 19.3. The molecule has 0 aliphatic rings. The van der Waals surface area contributed by atoms with Crippen LogP contribution in [0.1, 0.15) is 6.42 Å². The van der Waals surface area contributed by atoms with Crippen LogP contribution in [-0.2, 0) is 6.54 Å². The van der Waals surface area contributed by atoms with Gasteiger partial charge >= 0.3 is 0 Å². The highest BCUT2D eigenvalue weighted by Crippen LogP contribution is 2.27. The maximum atomic E-state index is 4.90. The van der Waals surface area contributed by atoms with Crippen LogP contribution in [0.25, 0.3) is 22.2 Å². The molecule has 142 valence electrons. The standard InChI is InChI=1S/C22H24N6/c1-27(2)18-8-6-17(7-9-18)20-15-21-19(5-3-10-24-21)22(26-20)25-11-4-13-28-14-12-23-16-28/h3,5-10,12,14-16H,4,11,13H2,1-2H3,(H,25,26). The minimum absolute atomic E-state index is 0.832. The van der Waals surface area contributed by atoms with Gasteiger partial charge < -0.3 is 14.8 Å². The Morgan fingerprint density at radius 1 is 1.07 bits per heavy atom. The molecule has 0 aliphatic carbocycles. The number of aromatic nitrogens is 4. The molecule has 1 aromatic carbocycles. The molecule has 0 unspecified atom stereocenters. The quantitative estimate of drug-likeness (QED) is 0.496. The van der Waals surface area contributed by atoms with E-state index in [1.165, 1.54) is 5.69 Å². The molecule has 0 aliphatic heterocycles. The van der Waals surface area contributed by atoms with Gasteiger partial charge in [0.15, 0.2) is 0 Å². The molecule has 4 rings (SSSR count). The maximum Gasteiger partial charge on any atom is 0.136 e. The Bertz CT molecular complexity index is 1040. The zero-order valence-corrected chi connectivity index (χ0v) is 16.2. The van der Waals surface area contributed by atoms with Gasteiger partial charge in [-0.3, -0.25) is 4.98 Å². The summed E-state index contributed by atoms with van der Waals surface area (Å²) in [5.74, 6) is 0.878. The third-order valence-electron chi connectivity index (χ3n) is 4.72. The predicted molar refractivity (Wildman–Crippen MR) is 115 cm³/mol. The summed E-state index contributed by atoms with van der Waals surface area (Å²) in [6, 6.07) is 14.5. The second kappa shape index (κ2) is 8.08. The van der Waals surface area contributed by atoms with Crippen LogP contribution in [0, 0.1) is 0 Å². The number of rotatable bonds is 7. The molecule has 0 bridgehead atoms. The molecule has 0 saturated heterocycles. The van der Waals surface area contributed by atoms with Gasteiger partial charge in [-0.2, -0.15) is 0 Å². The fourth-order valence-corrected chi connectivity index (χ4v) is 3.18. The fraction of sp³-hybridized carbons (Fsp3) is 0.227. The summed E-state index contributed by atoms with van der Waals surface area (Å²) in [4.78, 5) is 15.6. The number of benzene rings is 1. The van der Waals surface area contributed by atoms with Crippen LogP contribution in [0.4, 0.5) is 11.5 Å². The summed E-state index contributed by atoms with van der Waals surface area (Å²) in [5.41, 5.74) is 4.12. The number of aryl methyl sites for hydroxylation is 1. The lowest BCUT2D eigenvalue weighted by Gasteiger charge is -2.14. The van der Waals surface area contributed by atoms with Crippen molar-refractivity contribution in [3.05, 3.63) is 67.4 Å². The third-order valence-corrected chi connectivity index (χ3v) is 4.72. The first-order valence-electron chi connectivity index (χ1n) is 9.44. The Morgan fingerprint density at radius 2 is 1.93 bits per heavy atom. The van der Waals surface area contributed by atoms with E-state index in [-0.39, 0.29) is 0 Å². The SMILES string of the molecule is CN(C)c1ccc(-c2cc3ncccc3c(NCCCn3ccnc3)n2)cc1. The number of anilines is 2. The average Bonchev–Trinajstić information content (AvgIpc) is 3.24. The Balaban J connectivity index is 1.57. The number of imidazole rings is 1. The van der Waals surface area contributed by atoms with E-state index >= 15 is 0 Å². The topological polar surface area (TPSA) is 58.9 Å². The normalized spacial score (nSPS) is 10.9. The molecule has 0 amide bonds. The number of fused-ring (bicyclic) bond motifs is 1. The molecule has 0 fully saturated rings. The second-order valence-electron chi connectivity index (χ2n) is 6.95. The molecule has 3 aromatic heterocycles. The van der Waals surface area contributed by atoms with E-state index < -0.39 is 0 Å². The van der Waals surface area contributed by atoms with E-state index in [1.54, 1.807) is 6.20 Å². The van der Waals surface area contributed by atoms with Crippen molar-refractivity contribution >= 4 is 22.4 Å². The molecule has 0 atom stereocenters. The Morgan fingerprint density at radius 3 is 2.68 bits per heavy atom.